The molecule has 7 nitrogen and oxygen atoms in total. The molecule has 1 heterocycles. The number of aliphatic carboxylic acids is 1. The lowest BCUT2D eigenvalue weighted by molar-refractivity contribution is -0.142. The van der Waals surface area contributed by atoms with Crippen LogP contribution in [0, 0.1) is 19.8 Å². The maximum Gasteiger partial charge on any atom is 0.339 e. The summed E-state index contributed by atoms with van der Waals surface area (Å²) in [6.07, 6.45) is 0.459. The van der Waals surface area contributed by atoms with Crippen molar-refractivity contribution in [2.45, 2.75) is 53.0 Å². The van der Waals surface area contributed by atoms with Gasteiger partial charge in [-0.15, -0.1) is 0 Å². The van der Waals surface area contributed by atoms with Crippen molar-refractivity contribution in [2.75, 3.05) is 0 Å². The van der Waals surface area contributed by atoms with E-state index in [4.69, 9.17) is 4.42 Å². The minimum Gasteiger partial charge on any atom is -0.508 e. The molecule has 0 saturated carbocycles. The van der Waals surface area contributed by atoms with Crippen LogP contribution in [-0.4, -0.2) is 28.1 Å². The number of fused-ring (bicyclic) bond motifs is 1. The lowest BCUT2D eigenvalue weighted by Gasteiger charge is -2.16. The third-order valence-corrected chi connectivity index (χ3v) is 4.62. The summed E-state index contributed by atoms with van der Waals surface area (Å²) in [6.45, 7) is 7.19. The van der Waals surface area contributed by atoms with Gasteiger partial charge in [0, 0.05) is 22.9 Å². The Morgan fingerprint density at radius 2 is 1.85 bits per heavy atom. The zero-order chi connectivity index (χ0) is 20.3. The number of phenolic OH excluding ortho intramolecular Hbond substituents is 1. The molecule has 0 aliphatic heterocycles. The highest BCUT2D eigenvalue weighted by Crippen LogP contribution is 2.28. The predicted molar refractivity (Wildman–Crippen MR) is 101 cm³/mol. The number of carbonyl (C=O) groups excluding carboxylic acids is 1. The summed E-state index contributed by atoms with van der Waals surface area (Å²) in [7, 11) is 0. The SMILES string of the molecule is Cc1c(CCC(=O)NC(CC(C)C)C(=O)O)c(=O)oc2c(C)c(O)ccc12. The molecule has 0 radical (unpaired) electrons. The van der Waals surface area contributed by atoms with Crippen LogP contribution in [0.25, 0.3) is 11.0 Å². The van der Waals surface area contributed by atoms with Crippen LogP contribution in [0.4, 0.5) is 0 Å². The smallest absolute Gasteiger partial charge is 0.339 e. The summed E-state index contributed by atoms with van der Waals surface area (Å²) in [5, 5.41) is 22.2. The molecule has 2 rings (SSSR count). The van der Waals surface area contributed by atoms with Crippen LogP contribution in [0.3, 0.4) is 0 Å². The Bertz CT molecular complexity index is 928. The molecule has 0 bridgehead atoms. The van der Waals surface area contributed by atoms with Gasteiger partial charge >= 0.3 is 11.6 Å². The number of aromatic hydroxyl groups is 1. The second kappa shape index (κ2) is 8.24. The molecule has 0 spiro atoms. The molecule has 27 heavy (non-hydrogen) atoms. The molecule has 0 fully saturated rings. The van der Waals surface area contributed by atoms with Crippen molar-refractivity contribution in [3.05, 3.63) is 39.2 Å². The molecule has 0 saturated heterocycles. The van der Waals surface area contributed by atoms with Crippen LogP contribution >= 0.6 is 0 Å². The van der Waals surface area contributed by atoms with Gasteiger partial charge in [0.1, 0.15) is 17.4 Å². The molecule has 7 heteroatoms. The average Bonchev–Trinajstić information content (AvgIpc) is 2.57. The van der Waals surface area contributed by atoms with E-state index in [9.17, 15) is 24.6 Å². The van der Waals surface area contributed by atoms with Crippen LogP contribution in [-0.2, 0) is 16.0 Å². The van der Waals surface area contributed by atoms with Crippen LogP contribution in [0.2, 0.25) is 0 Å². The number of carbonyl (C=O) groups is 2. The Morgan fingerprint density at radius 3 is 2.44 bits per heavy atom. The van der Waals surface area contributed by atoms with Gasteiger partial charge in [0.2, 0.25) is 5.91 Å². The van der Waals surface area contributed by atoms with Crippen molar-refractivity contribution in [1.29, 1.82) is 0 Å². The first-order chi connectivity index (χ1) is 12.6. The van der Waals surface area contributed by atoms with Crippen molar-refractivity contribution < 1.29 is 24.2 Å². The topological polar surface area (TPSA) is 117 Å². The number of aryl methyl sites for hydroxylation is 2. The highest BCUT2D eigenvalue weighted by atomic mass is 16.4. The molecule has 0 aliphatic carbocycles. The molecule has 3 N–H and O–H groups in total. The maximum atomic E-state index is 12.3. The number of nitrogens with one attached hydrogen (secondary N) is 1. The molecule has 1 unspecified atom stereocenters. The molecule has 1 aromatic carbocycles. The Labute approximate surface area is 157 Å². The van der Waals surface area contributed by atoms with Crippen molar-refractivity contribution >= 4 is 22.8 Å². The van der Waals surface area contributed by atoms with E-state index in [1.54, 1.807) is 19.9 Å². The number of phenols is 1. The Balaban J connectivity index is 2.19. The minimum absolute atomic E-state index is 0.0178. The van der Waals surface area contributed by atoms with Gasteiger partial charge < -0.3 is 19.9 Å². The summed E-state index contributed by atoms with van der Waals surface area (Å²) in [4.78, 5) is 35.7. The summed E-state index contributed by atoms with van der Waals surface area (Å²) >= 11 is 0. The van der Waals surface area contributed by atoms with Crippen LogP contribution in [0.15, 0.2) is 21.3 Å². The number of hydrogen-bond acceptors (Lipinski definition) is 5. The van der Waals surface area contributed by atoms with E-state index in [0.29, 0.717) is 34.1 Å². The van der Waals surface area contributed by atoms with Gasteiger partial charge in [-0.3, -0.25) is 4.79 Å². The normalized spacial score (nSPS) is 12.3. The fraction of sp³-hybridized carbons (Fsp3) is 0.450. The minimum atomic E-state index is -1.08. The first-order valence-electron chi connectivity index (χ1n) is 8.88. The van der Waals surface area contributed by atoms with Gasteiger partial charge in [0.25, 0.3) is 0 Å². The number of carboxylic acids is 1. The summed E-state index contributed by atoms with van der Waals surface area (Å²) in [5.41, 5.74) is 1.31. The number of carboxylic acid groups (broad SMARTS) is 1. The first kappa shape index (κ1) is 20.5. The molecule has 1 amide bonds. The standard InChI is InChI=1S/C20H25NO6/c1-10(2)9-15(19(24)25)21-17(23)8-6-14-11(3)13-5-7-16(22)12(4)18(13)27-20(14)26/h5,7,10,15,22H,6,8-9H2,1-4H3,(H,21,23)(H,24,25). The second-order valence-corrected chi connectivity index (χ2v) is 7.17. The van der Waals surface area contributed by atoms with Crippen molar-refractivity contribution in [3.63, 3.8) is 0 Å². The average molecular weight is 375 g/mol. The molecule has 2 aromatic rings. The van der Waals surface area contributed by atoms with E-state index in [-0.39, 0.29) is 24.5 Å². The molecule has 0 aliphatic rings. The summed E-state index contributed by atoms with van der Waals surface area (Å²) in [5.74, 6) is -1.33. The second-order valence-electron chi connectivity index (χ2n) is 7.17. The summed E-state index contributed by atoms with van der Waals surface area (Å²) in [6, 6.07) is 2.25. The molecular formula is C20H25NO6. The molecule has 1 aromatic heterocycles. The zero-order valence-corrected chi connectivity index (χ0v) is 16.0. The van der Waals surface area contributed by atoms with E-state index in [0.717, 1.165) is 0 Å². The Hall–Kier alpha value is -2.83. The molecule has 1 atom stereocenters. The number of amides is 1. The highest BCUT2D eigenvalue weighted by molar-refractivity contribution is 5.86. The van der Waals surface area contributed by atoms with Gasteiger partial charge in [-0.25, -0.2) is 9.59 Å². The number of rotatable bonds is 7. The lowest BCUT2D eigenvalue weighted by atomic mass is 10.00. The van der Waals surface area contributed by atoms with Crippen LogP contribution in [0.1, 0.15) is 43.4 Å². The van der Waals surface area contributed by atoms with Crippen LogP contribution in [0.5, 0.6) is 5.75 Å². The van der Waals surface area contributed by atoms with Gasteiger partial charge in [0.05, 0.1) is 0 Å². The van der Waals surface area contributed by atoms with Crippen LogP contribution < -0.4 is 10.9 Å². The Kier molecular flexibility index (Phi) is 6.25. The van der Waals surface area contributed by atoms with Crippen molar-refractivity contribution in [2.24, 2.45) is 5.92 Å². The van der Waals surface area contributed by atoms with Gasteiger partial charge in [0.15, 0.2) is 0 Å². The summed E-state index contributed by atoms with van der Waals surface area (Å²) < 4.78 is 5.35. The fourth-order valence-electron chi connectivity index (χ4n) is 3.07. The first-order valence-corrected chi connectivity index (χ1v) is 8.88. The fourth-order valence-corrected chi connectivity index (χ4v) is 3.07. The van der Waals surface area contributed by atoms with E-state index < -0.39 is 23.5 Å². The number of benzene rings is 1. The molecule has 146 valence electrons. The zero-order valence-electron chi connectivity index (χ0n) is 16.0. The van der Waals surface area contributed by atoms with Gasteiger partial charge in [-0.05, 0) is 50.3 Å². The monoisotopic (exact) mass is 375 g/mol. The quantitative estimate of drug-likeness (QED) is 0.641. The van der Waals surface area contributed by atoms with Gasteiger partial charge in [-0.1, -0.05) is 13.8 Å². The third kappa shape index (κ3) is 4.67. The van der Waals surface area contributed by atoms with E-state index in [1.165, 1.54) is 6.07 Å². The Morgan fingerprint density at radius 1 is 1.19 bits per heavy atom. The van der Waals surface area contributed by atoms with Crippen molar-refractivity contribution in [1.82, 2.24) is 5.32 Å². The van der Waals surface area contributed by atoms with Crippen molar-refractivity contribution in [3.8, 4) is 5.75 Å². The predicted octanol–water partition coefficient (Wildman–Crippen LogP) is 2.66. The highest BCUT2D eigenvalue weighted by Gasteiger charge is 2.22. The lowest BCUT2D eigenvalue weighted by Crippen LogP contribution is -2.41. The molecular weight excluding hydrogens is 350 g/mol. The largest absolute Gasteiger partial charge is 0.508 e. The third-order valence-electron chi connectivity index (χ3n) is 4.62. The van der Waals surface area contributed by atoms with E-state index in [2.05, 4.69) is 5.32 Å². The van der Waals surface area contributed by atoms with Gasteiger partial charge in [-0.2, -0.15) is 0 Å². The number of hydrogen-bond donors (Lipinski definition) is 3. The maximum absolute atomic E-state index is 12.3. The van der Waals surface area contributed by atoms with E-state index in [1.807, 2.05) is 13.8 Å². The van der Waals surface area contributed by atoms with E-state index >= 15 is 0 Å².